The largest absolute Gasteiger partial charge is 0.392 e. The molecule has 3 heteroatoms. The maximum atomic E-state index is 12.2. The lowest BCUT2D eigenvalue weighted by atomic mass is 9.98. The summed E-state index contributed by atoms with van der Waals surface area (Å²) < 4.78 is 0. The lowest BCUT2D eigenvalue weighted by Gasteiger charge is -2.08. The van der Waals surface area contributed by atoms with Crippen molar-refractivity contribution in [3.8, 4) is 22.3 Å². The normalized spacial score (nSPS) is 11.3. The summed E-state index contributed by atoms with van der Waals surface area (Å²) in [4.78, 5) is 12.2. The number of hydrogen-bond acceptors (Lipinski definition) is 3. The first-order valence-electron chi connectivity index (χ1n) is 9.85. The quantitative estimate of drug-likeness (QED) is 0.440. The van der Waals surface area contributed by atoms with Crippen molar-refractivity contribution in [1.82, 2.24) is 0 Å². The molecule has 0 aromatic heterocycles. The van der Waals surface area contributed by atoms with Crippen molar-refractivity contribution in [1.29, 1.82) is 0 Å². The minimum absolute atomic E-state index is 0.0141. The van der Waals surface area contributed by atoms with Gasteiger partial charge in [-0.1, -0.05) is 84.9 Å². The number of rotatable bonds is 3. The maximum absolute atomic E-state index is 12.2. The predicted molar refractivity (Wildman–Crippen MR) is 119 cm³/mol. The molecule has 0 spiro atoms. The van der Waals surface area contributed by atoms with Crippen LogP contribution in [0.4, 0.5) is 0 Å². The molecule has 0 fully saturated rings. The molecule has 5 rings (SSSR count). The van der Waals surface area contributed by atoms with Crippen molar-refractivity contribution >= 4 is 5.78 Å². The highest BCUT2D eigenvalue weighted by molar-refractivity contribution is 6.21. The van der Waals surface area contributed by atoms with E-state index in [0.717, 1.165) is 11.1 Å². The van der Waals surface area contributed by atoms with Crippen molar-refractivity contribution in [2.45, 2.75) is 13.2 Å². The number of carbonyl (C=O) groups excluding carboxylic acids is 1. The summed E-state index contributed by atoms with van der Waals surface area (Å²) >= 11 is 0. The molecule has 0 amide bonds. The fraction of sp³-hybridized carbons (Fsp3) is 0.0741. The zero-order chi connectivity index (χ0) is 20.9. The van der Waals surface area contributed by atoms with Crippen LogP contribution in [0.15, 0.2) is 97.1 Å². The Hall–Kier alpha value is -3.53. The van der Waals surface area contributed by atoms with Gasteiger partial charge in [0.1, 0.15) is 0 Å². The number of carbonyl (C=O) groups is 1. The van der Waals surface area contributed by atoms with E-state index in [1.165, 1.54) is 11.1 Å². The molecule has 0 saturated carbocycles. The molecule has 0 radical (unpaired) electrons. The Morgan fingerprint density at radius 1 is 0.500 bits per heavy atom. The SMILES string of the molecule is O=C1c2ccccc2-c2cc(CO)c(CO)cc21.c1ccc(-c2ccccc2)cc1. The van der Waals surface area contributed by atoms with E-state index in [1.54, 1.807) is 18.2 Å². The lowest BCUT2D eigenvalue weighted by Crippen LogP contribution is -2.00. The van der Waals surface area contributed by atoms with Crippen LogP contribution in [0.25, 0.3) is 22.3 Å². The molecule has 0 unspecified atom stereocenters. The molecule has 0 bridgehead atoms. The number of ketones is 1. The Morgan fingerprint density at radius 2 is 0.933 bits per heavy atom. The molecule has 0 aliphatic heterocycles. The number of hydrogen-bond donors (Lipinski definition) is 2. The van der Waals surface area contributed by atoms with Gasteiger partial charge in [0.05, 0.1) is 13.2 Å². The highest BCUT2D eigenvalue weighted by Crippen LogP contribution is 2.38. The van der Waals surface area contributed by atoms with Crippen LogP contribution < -0.4 is 0 Å². The van der Waals surface area contributed by atoms with Gasteiger partial charge in [0, 0.05) is 11.1 Å². The molecule has 148 valence electrons. The van der Waals surface area contributed by atoms with Gasteiger partial charge in [-0.05, 0) is 45.5 Å². The summed E-state index contributed by atoms with van der Waals surface area (Å²) in [6, 6.07) is 31.7. The fourth-order valence-corrected chi connectivity index (χ4v) is 3.72. The van der Waals surface area contributed by atoms with Gasteiger partial charge >= 0.3 is 0 Å². The predicted octanol–water partition coefficient (Wildman–Crippen LogP) is 5.24. The molecule has 4 aromatic carbocycles. The van der Waals surface area contributed by atoms with E-state index in [9.17, 15) is 15.0 Å². The Balaban J connectivity index is 0.000000158. The zero-order valence-electron chi connectivity index (χ0n) is 16.5. The van der Waals surface area contributed by atoms with E-state index in [2.05, 4.69) is 48.5 Å². The summed E-state index contributed by atoms with van der Waals surface area (Å²) in [7, 11) is 0. The van der Waals surface area contributed by atoms with Crippen molar-refractivity contribution in [3.63, 3.8) is 0 Å². The van der Waals surface area contributed by atoms with Gasteiger partial charge in [0.2, 0.25) is 0 Å². The second-order valence-electron chi connectivity index (χ2n) is 7.09. The van der Waals surface area contributed by atoms with Gasteiger partial charge in [-0.15, -0.1) is 0 Å². The average molecular weight is 394 g/mol. The Morgan fingerprint density at radius 3 is 1.43 bits per heavy atom. The molecule has 30 heavy (non-hydrogen) atoms. The van der Waals surface area contributed by atoms with Crippen LogP contribution in [0.1, 0.15) is 27.0 Å². The topological polar surface area (TPSA) is 57.5 Å². The van der Waals surface area contributed by atoms with Crippen LogP contribution in [0, 0.1) is 0 Å². The first-order valence-corrected chi connectivity index (χ1v) is 9.85. The summed E-state index contributed by atoms with van der Waals surface area (Å²) in [5.41, 5.74) is 6.87. The molecule has 4 aromatic rings. The first-order chi connectivity index (χ1) is 14.7. The van der Waals surface area contributed by atoms with Gasteiger partial charge in [-0.2, -0.15) is 0 Å². The minimum Gasteiger partial charge on any atom is -0.392 e. The Bertz CT molecular complexity index is 1130. The Kier molecular flexibility index (Phi) is 5.84. The number of aliphatic hydroxyl groups excluding tert-OH is 2. The van der Waals surface area contributed by atoms with Gasteiger partial charge in [-0.25, -0.2) is 0 Å². The monoisotopic (exact) mass is 394 g/mol. The fourth-order valence-electron chi connectivity index (χ4n) is 3.72. The highest BCUT2D eigenvalue weighted by Gasteiger charge is 2.27. The van der Waals surface area contributed by atoms with Crippen molar-refractivity contribution in [2.75, 3.05) is 0 Å². The van der Waals surface area contributed by atoms with Gasteiger partial charge in [-0.3, -0.25) is 4.79 Å². The molecule has 2 N–H and O–H groups in total. The van der Waals surface area contributed by atoms with Crippen molar-refractivity contribution < 1.29 is 15.0 Å². The summed E-state index contributed by atoms with van der Waals surface area (Å²) in [5.74, 6) is -0.0141. The van der Waals surface area contributed by atoms with Crippen LogP contribution >= 0.6 is 0 Å². The molecule has 0 saturated heterocycles. The standard InChI is InChI=1S/C15H12O3.C12H10/c16-7-9-5-13-11-3-1-2-4-12(11)15(18)14(13)6-10(9)8-17;1-3-7-11(8-4-1)12-9-5-2-6-10-12/h1-6,16-17H,7-8H2;1-10H. The van der Waals surface area contributed by atoms with E-state index in [0.29, 0.717) is 22.3 Å². The maximum Gasteiger partial charge on any atom is 0.194 e. The Labute approximate surface area is 175 Å². The van der Waals surface area contributed by atoms with E-state index in [1.807, 2.05) is 30.3 Å². The molecular formula is C27H22O3. The van der Waals surface area contributed by atoms with Crippen LogP contribution in [-0.4, -0.2) is 16.0 Å². The third-order valence-corrected chi connectivity index (χ3v) is 5.27. The highest BCUT2D eigenvalue weighted by atomic mass is 16.3. The van der Waals surface area contributed by atoms with Crippen LogP contribution in [0.2, 0.25) is 0 Å². The first kappa shape index (κ1) is 19.8. The van der Waals surface area contributed by atoms with E-state index < -0.39 is 0 Å². The second-order valence-corrected chi connectivity index (χ2v) is 7.09. The van der Waals surface area contributed by atoms with Crippen LogP contribution in [-0.2, 0) is 13.2 Å². The second kappa shape index (κ2) is 8.87. The average Bonchev–Trinajstić information content (AvgIpc) is 3.11. The van der Waals surface area contributed by atoms with Crippen LogP contribution in [0.3, 0.4) is 0 Å². The molecule has 3 nitrogen and oxygen atoms in total. The molecular weight excluding hydrogens is 372 g/mol. The molecule has 1 aliphatic carbocycles. The van der Waals surface area contributed by atoms with Crippen LogP contribution in [0.5, 0.6) is 0 Å². The van der Waals surface area contributed by atoms with Crippen molar-refractivity contribution in [2.24, 2.45) is 0 Å². The molecule has 0 atom stereocenters. The van der Waals surface area contributed by atoms with Gasteiger partial charge in [0.25, 0.3) is 0 Å². The molecule has 0 heterocycles. The summed E-state index contributed by atoms with van der Waals surface area (Å²) in [6.07, 6.45) is 0. The summed E-state index contributed by atoms with van der Waals surface area (Å²) in [5, 5.41) is 18.6. The van der Waals surface area contributed by atoms with E-state index in [4.69, 9.17) is 0 Å². The number of fused-ring (bicyclic) bond motifs is 3. The molecule has 1 aliphatic rings. The van der Waals surface area contributed by atoms with E-state index in [-0.39, 0.29) is 19.0 Å². The summed E-state index contributed by atoms with van der Waals surface area (Å²) in [6.45, 7) is -0.313. The van der Waals surface area contributed by atoms with Gasteiger partial charge in [0.15, 0.2) is 5.78 Å². The van der Waals surface area contributed by atoms with E-state index >= 15 is 0 Å². The van der Waals surface area contributed by atoms with Gasteiger partial charge < -0.3 is 10.2 Å². The third kappa shape index (κ3) is 3.81. The smallest absolute Gasteiger partial charge is 0.194 e. The number of aliphatic hydroxyl groups is 2. The van der Waals surface area contributed by atoms with Crippen molar-refractivity contribution in [3.05, 3.63) is 119 Å². The lowest BCUT2D eigenvalue weighted by molar-refractivity contribution is 0.104. The zero-order valence-corrected chi connectivity index (χ0v) is 16.5. The number of benzene rings is 4. The minimum atomic E-state index is -0.174. The third-order valence-electron chi connectivity index (χ3n) is 5.27.